The Bertz CT molecular complexity index is 726. The molecule has 1 aliphatic heterocycles. The van der Waals surface area contributed by atoms with Crippen LogP contribution in [0.1, 0.15) is 16.7 Å². The number of carbonyl (C=O) groups excluding carboxylic acids is 1. The van der Waals surface area contributed by atoms with E-state index in [1.165, 1.54) is 0 Å². The van der Waals surface area contributed by atoms with Gasteiger partial charge in [0.1, 0.15) is 0 Å². The maximum Gasteiger partial charge on any atom is 0.228 e. The number of anilines is 1. The number of nitriles is 1. The van der Waals surface area contributed by atoms with Gasteiger partial charge in [-0.05, 0) is 41.8 Å². The Balaban J connectivity index is 2.17. The first-order chi connectivity index (χ1) is 9.19. The maximum atomic E-state index is 11.4. The van der Waals surface area contributed by atoms with Crippen molar-refractivity contribution >= 4 is 11.6 Å². The quantitative estimate of drug-likeness (QED) is 0.843. The number of aryl methyl sites for hydroxylation is 1. The maximum absolute atomic E-state index is 11.4. The van der Waals surface area contributed by atoms with Crippen molar-refractivity contribution in [2.45, 2.75) is 13.3 Å². The van der Waals surface area contributed by atoms with Crippen LogP contribution in [0.4, 0.5) is 5.69 Å². The van der Waals surface area contributed by atoms with Gasteiger partial charge in [-0.2, -0.15) is 5.26 Å². The molecule has 3 heteroatoms. The molecule has 2 aromatic rings. The molecule has 0 saturated heterocycles. The molecule has 1 N–H and O–H groups in total. The first kappa shape index (κ1) is 11.5. The molecule has 0 bridgehead atoms. The van der Waals surface area contributed by atoms with Crippen LogP contribution in [0.25, 0.3) is 11.1 Å². The highest BCUT2D eigenvalue weighted by atomic mass is 16.1. The number of rotatable bonds is 1. The lowest BCUT2D eigenvalue weighted by Gasteiger charge is -2.09. The lowest BCUT2D eigenvalue weighted by Crippen LogP contribution is -2.03. The first-order valence-corrected chi connectivity index (χ1v) is 6.12. The molecule has 0 radical (unpaired) electrons. The first-order valence-electron chi connectivity index (χ1n) is 6.12. The van der Waals surface area contributed by atoms with Crippen LogP contribution in [0.2, 0.25) is 0 Å². The van der Waals surface area contributed by atoms with Gasteiger partial charge in [-0.1, -0.05) is 18.2 Å². The van der Waals surface area contributed by atoms with E-state index in [9.17, 15) is 10.1 Å². The Kier molecular flexibility index (Phi) is 2.57. The molecule has 92 valence electrons. The molecule has 3 nitrogen and oxygen atoms in total. The summed E-state index contributed by atoms with van der Waals surface area (Å²) >= 11 is 0. The van der Waals surface area contributed by atoms with Gasteiger partial charge in [0, 0.05) is 11.3 Å². The number of hydrogen-bond acceptors (Lipinski definition) is 2. The SMILES string of the molecule is Cc1cccc(C#N)c1-c1ccc2c(c1)CC(=O)N2. The minimum atomic E-state index is 0.0254. The van der Waals surface area contributed by atoms with Crippen molar-refractivity contribution in [2.24, 2.45) is 0 Å². The fraction of sp³-hybridized carbons (Fsp3) is 0.125. The highest BCUT2D eigenvalue weighted by Crippen LogP contribution is 2.32. The van der Waals surface area contributed by atoms with Crippen molar-refractivity contribution in [1.82, 2.24) is 0 Å². The van der Waals surface area contributed by atoms with Gasteiger partial charge >= 0.3 is 0 Å². The fourth-order valence-corrected chi connectivity index (χ4v) is 2.53. The van der Waals surface area contributed by atoms with Crippen LogP contribution in [0.15, 0.2) is 36.4 Å². The molecule has 1 heterocycles. The second-order valence-corrected chi connectivity index (χ2v) is 4.71. The second-order valence-electron chi connectivity index (χ2n) is 4.71. The lowest BCUT2D eigenvalue weighted by molar-refractivity contribution is -0.115. The molecular weight excluding hydrogens is 236 g/mol. The Morgan fingerprint density at radius 1 is 1.26 bits per heavy atom. The normalized spacial score (nSPS) is 12.7. The van der Waals surface area contributed by atoms with Crippen molar-refractivity contribution < 1.29 is 4.79 Å². The zero-order chi connectivity index (χ0) is 13.4. The minimum absolute atomic E-state index is 0.0254. The van der Waals surface area contributed by atoms with E-state index >= 15 is 0 Å². The summed E-state index contributed by atoms with van der Waals surface area (Å²) in [5.41, 5.74) is 5.54. The van der Waals surface area contributed by atoms with Gasteiger partial charge in [0.25, 0.3) is 0 Å². The molecule has 2 aromatic carbocycles. The number of amides is 1. The number of hydrogen-bond donors (Lipinski definition) is 1. The van der Waals surface area contributed by atoms with Crippen LogP contribution in [0, 0.1) is 18.3 Å². The molecule has 1 aliphatic rings. The Morgan fingerprint density at radius 2 is 2.11 bits per heavy atom. The van der Waals surface area contributed by atoms with E-state index in [1.54, 1.807) is 0 Å². The zero-order valence-corrected chi connectivity index (χ0v) is 10.5. The summed E-state index contributed by atoms with van der Waals surface area (Å²) in [6, 6.07) is 13.8. The molecule has 19 heavy (non-hydrogen) atoms. The lowest BCUT2D eigenvalue weighted by atomic mass is 9.94. The molecule has 1 amide bonds. The third-order valence-electron chi connectivity index (χ3n) is 3.41. The summed E-state index contributed by atoms with van der Waals surface area (Å²) in [5.74, 6) is 0.0254. The number of nitrogens with one attached hydrogen (secondary N) is 1. The number of benzene rings is 2. The largest absolute Gasteiger partial charge is 0.326 e. The summed E-state index contributed by atoms with van der Waals surface area (Å²) in [6.45, 7) is 1.99. The summed E-state index contributed by atoms with van der Waals surface area (Å²) in [4.78, 5) is 11.4. The molecule has 0 aromatic heterocycles. The van der Waals surface area contributed by atoms with E-state index in [0.717, 1.165) is 27.9 Å². The second kappa shape index (κ2) is 4.25. The summed E-state index contributed by atoms with van der Waals surface area (Å²) in [7, 11) is 0. The molecule has 0 unspecified atom stereocenters. The van der Waals surface area contributed by atoms with Crippen molar-refractivity contribution in [3.05, 3.63) is 53.1 Å². The highest BCUT2D eigenvalue weighted by Gasteiger charge is 2.18. The van der Waals surface area contributed by atoms with Gasteiger partial charge in [-0.25, -0.2) is 0 Å². The van der Waals surface area contributed by atoms with Gasteiger partial charge in [-0.15, -0.1) is 0 Å². The Hall–Kier alpha value is -2.60. The van der Waals surface area contributed by atoms with Crippen molar-refractivity contribution in [3.63, 3.8) is 0 Å². The average Bonchev–Trinajstić information content (AvgIpc) is 2.77. The van der Waals surface area contributed by atoms with Crippen LogP contribution >= 0.6 is 0 Å². The van der Waals surface area contributed by atoms with E-state index in [-0.39, 0.29) is 5.91 Å². The van der Waals surface area contributed by atoms with E-state index < -0.39 is 0 Å². The van der Waals surface area contributed by atoms with Crippen LogP contribution in [0.5, 0.6) is 0 Å². The third kappa shape index (κ3) is 1.88. The van der Waals surface area contributed by atoms with Crippen LogP contribution < -0.4 is 5.32 Å². The predicted molar refractivity (Wildman–Crippen MR) is 73.7 cm³/mol. The smallest absolute Gasteiger partial charge is 0.228 e. The summed E-state index contributed by atoms with van der Waals surface area (Å²) in [6.07, 6.45) is 0.414. The fourth-order valence-electron chi connectivity index (χ4n) is 2.53. The number of fused-ring (bicyclic) bond motifs is 1. The van der Waals surface area contributed by atoms with E-state index in [2.05, 4.69) is 11.4 Å². The van der Waals surface area contributed by atoms with E-state index in [4.69, 9.17) is 0 Å². The minimum Gasteiger partial charge on any atom is -0.326 e. The van der Waals surface area contributed by atoms with Crippen LogP contribution in [0.3, 0.4) is 0 Å². The molecule has 0 spiro atoms. The van der Waals surface area contributed by atoms with Crippen molar-refractivity contribution in [3.8, 4) is 17.2 Å². The molecule has 3 rings (SSSR count). The van der Waals surface area contributed by atoms with Gasteiger partial charge in [0.2, 0.25) is 5.91 Å². The number of nitrogens with zero attached hydrogens (tertiary/aromatic N) is 1. The molecule has 0 saturated carbocycles. The monoisotopic (exact) mass is 248 g/mol. The standard InChI is InChI=1S/C16H12N2O/c1-10-3-2-4-12(9-17)16(10)11-5-6-14-13(7-11)8-15(19)18-14/h2-7H,8H2,1H3,(H,18,19). The summed E-state index contributed by atoms with van der Waals surface area (Å²) < 4.78 is 0. The molecular formula is C16H12N2O. The topological polar surface area (TPSA) is 52.9 Å². The van der Waals surface area contributed by atoms with E-state index in [1.807, 2.05) is 43.3 Å². The van der Waals surface area contributed by atoms with Gasteiger partial charge in [-0.3, -0.25) is 4.79 Å². The third-order valence-corrected chi connectivity index (χ3v) is 3.41. The Morgan fingerprint density at radius 3 is 2.89 bits per heavy atom. The van der Waals surface area contributed by atoms with Crippen molar-refractivity contribution in [2.75, 3.05) is 5.32 Å². The molecule has 0 atom stereocenters. The zero-order valence-electron chi connectivity index (χ0n) is 10.5. The Labute approximate surface area is 111 Å². The number of carbonyl (C=O) groups is 1. The van der Waals surface area contributed by atoms with E-state index in [0.29, 0.717) is 12.0 Å². The predicted octanol–water partition coefficient (Wildman–Crippen LogP) is 3.03. The van der Waals surface area contributed by atoms with Gasteiger partial charge in [0.05, 0.1) is 18.1 Å². The van der Waals surface area contributed by atoms with Gasteiger partial charge in [0.15, 0.2) is 0 Å². The molecule has 0 fully saturated rings. The average molecular weight is 248 g/mol. The summed E-state index contributed by atoms with van der Waals surface area (Å²) in [5, 5.41) is 12.0. The van der Waals surface area contributed by atoms with Crippen LogP contribution in [-0.2, 0) is 11.2 Å². The van der Waals surface area contributed by atoms with Crippen molar-refractivity contribution in [1.29, 1.82) is 5.26 Å². The highest BCUT2D eigenvalue weighted by molar-refractivity contribution is 5.99. The van der Waals surface area contributed by atoms with Crippen LogP contribution in [-0.4, -0.2) is 5.91 Å². The van der Waals surface area contributed by atoms with Gasteiger partial charge < -0.3 is 5.32 Å². The molecule has 0 aliphatic carbocycles.